The molecule has 0 radical (unpaired) electrons. The zero-order valence-corrected chi connectivity index (χ0v) is 12.9. The van der Waals surface area contributed by atoms with Gasteiger partial charge in [0.1, 0.15) is 0 Å². The second-order valence-electron chi connectivity index (χ2n) is 5.22. The predicted molar refractivity (Wildman–Crippen MR) is 81.4 cm³/mol. The van der Waals surface area contributed by atoms with Crippen molar-refractivity contribution in [2.45, 2.75) is 26.2 Å². The predicted octanol–water partition coefficient (Wildman–Crippen LogP) is 2.88. The van der Waals surface area contributed by atoms with Crippen LogP contribution in [0.4, 0.5) is 0 Å². The molecule has 0 spiro atoms. The van der Waals surface area contributed by atoms with Crippen molar-refractivity contribution in [3.05, 3.63) is 33.8 Å². The first kappa shape index (κ1) is 14.5. The van der Waals surface area contributed by atoms with E-state index in [-0.39, 0.29) is 5.91 Å². The fourth-order valence-electron chi connectivity index (χ4n) is 2.45. The van der Waals surface area contributed by atoms with Gasteiger partial charge in [0.25, 0.3) is 5.91 Å². The smallest absolute Gasteiger partial charge is 0.251 e. The van der Waals surface area contributed by atoms with Crippen LogP contribution in [0.5, 0.6) is 0 Å². The van der Waals surface area contributed by atoms with Gasteiger partial charge in [0.15, 0.2) is 0 Å². The summed E-state index contributed by atoms with van der Waals surface area (Å²) < 4.78 is 1.04. The summed E-state index contributed by atoms with van der Waals surface area (Å²) in [6, 6.07) is 5.70. The van der Waals surface area contributed by atoms with Gasteiger partial charge in [-0.1, -0.05) is 15.9 Å². The van der Waals surface area contributed by atoms with Gasteiger partial charge in [-0.05, 0) is 69.0 Å². The lowest BCUT2D eigenvalue weighted by molar-refractivity contribution is 0.0950. The number of amides is 1. The minimum absolute atomic E-state index is 0.0272. The van der Waals surface area contributed by atoms with Crippen LogP contribution in [0.1, 0.15) is 35.2 Å². The van der Waals surface area contributed by atoms with Crippen molar-refractivity contribution in [3.8, 4) is 0 Å². The van der Waals surface area contributed by atoms with Gasteiger partial charge in [-0.15, -0.1) is 0 Å². The lowest BCUT2D eigenvalue weighted by atomic mass is 9.96. The number of hydrogen-bond acceptors (Lipinski definition) is 2. The van der Waals surface area contributed by atoms with Gasteiger partial charge in [0.05, 0.1) is 0 Å². The van der Waals surface area contributed by atoms with Crippen molar-refractivity contribution in [1.29, 1.82) is 0 Å². The summed E-state index contributed by atoms with van der Waals surface area (Å²) in [5.74, 6) is 0.736. The van der Waals surface area contributed by atoms with Gasteiger partial charge in [-0.3, -0.25) is 4.79 Å². The Kier molecular flexibility index (Phi) is 5.40. The van der Waals surface area contributed by atoms with Crippen LogP contribution in [0, 0.1) is 12.8 Å². The second kappa shape index (κ2) is 7.06. The Hall–Kier alpha value is -0.870. The third-order valence-corrected chi connectivity index (χ3v) is 4.55. The number of piperidine rings is 1. The van der Waals surface area contributed by atoms with Crippen LogP contribution in [0.15, 0.2) is 22.7 Å². The summed E-state index contributed by atoms with van der Waals surface area (Å²) in [6.07, 6.45) is 3.60. The number of aryl methyl sites for hydroxylation is 1. The molecule has 1 aromatic carbocycles. The van der Waals surface area contributed by atoms with Crippen molar-refractivity contribution in [2.24, 2.45) is 5.92 Å². The van der Waals surface area contributed by atoms with Gasteiger partial charge in [-0.25, -0.2) is 0 Å². The molecule has 3 nitrogen and oxygen atoms in total. The quantitative estimate of drug-likeness (QED) is 0.894. The van der Waals surface area contributed by atoms with E-state index in [2.05, 4.69) is 26.6 Å². The van der Waals surface area contributed by atoms with Crippen molar-refractivity contribution >= 4 is 21.8 Å². The summed E-state index contributed by atoms with van der Waals surface area (Å²) in [7, 11) is 0. The molecule has 0 aliphatic carbocycles. The number of rotatable bonds is 4. The van der Waals surface area contributed by atoms with E-state index in [4.69, 9.17) is 0 Å². The average Bonchev–Trinajstić information content (AvgIpc) is 2.43. The topological polar surface area (TPSA) is 41.1 Å². The number of carbonyl (C=O) groups excluding carboxylic acids is 1. The van der Waals surface area contributed by atoms with Crippen LogP contribution in [-0.4, -0.2) is 25.5 Å². The maximum Gasteiger partial charge on any atom is 0.251 e. The molecule has 1 heterocycles. The Bertz CT molecular complexity index is 442. The van der Waals surface area contributed by atoms with Crippen molar-refractivity contribution in [3.63, 3.8) is 0 Å². The molecule has 2 N–H and O–H groups in total. The van der Waals surface area contributed by atoms with Gasteiger partial charge >= 0.3 is 0 Å². The minimum Gasteiger partial charge on any atom is -0.352 e. The van der Waals surface area contributed by atoms with Crippen molar-refractivity contribution in [1.82, 2.24) is 10.6 Å². The maximum absolute atomic E-state index is 12.0. The molecule has 1 aliphatic rings. The van der Waals surface area contributed by atoms with Gasteiger partial charge in [-0.2, -0.15) is 0 Å². The zero-order valence-electron chi connectivity index (χ0n) is 11.3. The summed E-state index contributed by atoms with van der Waals surface area (Å²) in [5, 5.41) is 6.41. The fraction of sp³-hybridized carbons (Fsp3) is 0.533. The summed E-state index contributed by atoms with van der Waals surface area (Å²) in [6.45, 7) is 4.99. The van der Waals surface area contributed by atoms with Gasteiger partial charge < -0.3 is 10.6 Å². The molecule has 1 amide bonds. The Balaban J connectivity index is 1.78. The van der Waals surface area contributed by atoms with E-state index in [0.29, 0.717) is 5.92 Å². The number of halogens is 1. The van der Waals surface area contributed by atoms with E-state index in [1.165, 1.54) is 12.8 Å². The number of nitrogens with one attached hydrogen (secondary N) is 2. The summed E-state index contributed by atoms with van der Waals surface area (Å²) in [5.41, 5.74) is 1.83. The largest absolute Gasteiger partial charge is 0.352 e. The highest BCUT2D eigenvalue weighted by atomic mass is 79.9. The molecule has 1 unspecified atom stereocenters. The number of benzene rings is 1. The lowest BCUT2D eigenvalue weighted by Crippen LogP contribution is -2.33. The number of hydrogen-bond donors (Lipinski definition) is 2. The van der Waals surface area contributed by atoms with E-state index in [1.807, 2.05) is 25.1 Å². The molecule has 0 saturated carbocycles. The third-order valence-electron chi connectivity index (χ3n) is 3.66. The van der Waals surface area contributed by atoms with E-state index < -0.39 is 0 Å². The fourth-order valence-corrected chi connectivity index (χ4v) is 2.69. The first-order chi connectivity index (χ1) is 9.16. The monoisotopic (exact) mass is 324 g/mol. The summed E-state index contributed by atoms with van der Waals surface area (Å²) in [4.78, 5) is 12.0. The Morgan fingerprint density at radius 2 is 2.37 bits per heavy atom. The van der Waals surface area contributed by atoms with Crippen LogP contribution in [0.3, 0.4) is 0 Å². The van der Waals surface area contributed by atoms with Crippen LogP contribution >= 0.6 is 15.9 Å². The van der Waals surface area contributed by atoms with Crippen molar-refractivity contribution in [2.75, 3.05) is 19.6 Å². The molecule has 2 rings (SSSR count). The van der Waals surface area contributed by atoms with E-state index in [0.717, 1.165) is 41.7 Å². The van der Waals surface area contributed by atoms with Crippen molar-refractivity contribution < 1.29 is 4.79 Å². The average molecular weight is 325 g/mol. The minimum atomic E-state index is 0.0272. The molecule has 4 heteroatoms. The highest BCUT2D eigenvalue weighted by Gasteiger charge is 2.13. The molecule has 1 aromatic rings. The molecule has 0 aromatic heterocycles. The van der Waals surface area contributed by atoms with Gasteiger partial charge in [0, 0.05) is 16.6 Å². The van der Waals surface area contributed by atoms with Crippen LogP contribution in [0.2, 0.25) is 0 Å². The molecular formula is C15H21BrN2O. The molecule has 1 atom stereocenters. The molecule has 19 heavy (non-hydrogen) atoms. The first-order valence-electron chi connectivity index (χ1n) is 6.92. The maximum atomic E-state index is 12.0. The number of carbonyl (C=O) groups is 1. The summed E-state index contributed by atoms with van der Waals surface area (Å²) >= 11 is 3.44. The Labute approximate surface area is 123 Å². The zero-order chi connectivity index (χ0) is 13.7. The van der Waals surface area contributed by atoms with Crippen LogP contribution in [-0.2, 0) is 0 Å². The third kappa shape index (κ3) is 4.32. The van der Waals surface area contributed by atoms with E-state index >= 15 is 0 Å². The lowest BCUT2D eigenvalue weighted by Gasteiger charge is -2.22. The molecule has 1 fully saturated rings. The first-order valence-corrected chi connectivity index (χ1v) is 7.71. The SMILES string of the molecule is Cc1cc(C(=O)NCCC2CCCNC2)ccc1Br. The van der Waals surface area contributed by atoms with Crippen LogP contribution in [0.25, 0.3) is 0 Å². The molecule has 1 aliphatic heterocycles. The van der Waals surface area contributed by atoms with Crippen LogP contribution < -0.4 is 10.6 Å². The highest BCUT2D eigenvalue weighted by molar-refractivity contribution is 9.10. The second-order valence-corrected chi connectivity index (χ2v) is 6.08. The molecule has 104 valence electrons. The highest BCUT2D eigenvalue weighted by Crippen LogP contribution is 2.17. The van der Waals surface area contributed by atoms with E-state index in [1.54, 1.807) is 0 Å². The molecule has 0 bridgehead atoms. The molecule has 1 saturated heterocycles. The standard InChI is InChI=1S/C15H21BrN2O/c1-11-9-13(4-5-14(11)16)15(19)18-8-6-12-3-2-7-17-10-12/h4-5,9,12,17H,2-3,6-8,10H2,1H3,(H,18,19). The normalized spacial score (nSPS) is 19.2. The van der Waals surface area contributed by atoms with E-state index in [9.17, 15) is 4.79 Å². The Morgan fingerprint density at radius 1 is 1.53 bits per heavy atom. The van der Waals surface area contributed by atoms with Gasteiger partial charge in [0.2, 0.25) is 0 Å². The molecular weight excluding hydrogens is 304 g/mol. The Morgan fingerprint density at radius 3 is 3.05 bits per heavy atom.